The first kappa shape index (κ1) is 17.8. The summed E-state index contributed by atoms with van der Waals surface area (Å²) in [5, 5.41) is 2.11. The van der Waals surface area contributed by atoms with E-state index in [-0.39, 0.29) is 10.0 Å². The molecule has 1 aromatic carbocycles. The summed E-state index contributed by atoms with van der Waals surface area (Å²) >= 11 is 6.01. The monoisotopic (exact) mass is 427 g/mol. The van der Waals surface area contributed by atoms with Crippen LogP contribution in [0, 0.1) is 5.92 Å². The van der Waals surface area contributed by atoms with Crippen molar-refractivity contribution in [3.05, 3.63) is 32.7 Å². The zero-order valence-electron chi connectivity index (χ0n) is 9.91. The standard InChI is InChI=1S/C11H9Br2F6N/c1-20-8(6-4-5(12)2-3-7(6)13)9(10(14,15)16)11(17,18)19/h2-4,8-9,20H,1H3. The molecule has 114 valence electrons. The third kappa shape index (κ3) is 4.11. The lowest BCUT2D eigenvalue weighted by atomic mass is 9.92. The molecule has 0 fully saturated rings. The molecular formula is C11H9Br2F6N. The molecule has 0 aliphatic carbocycles. The fourth-order valence-corrected chi connectivity index (χ4v) is 2.69. The van der Waals surface area contributed by atoms with Gasteiger partial charge in [0.05, 0.1) is 6.04 Å². The van der Waals surface area contributed by atoms with Gasteiger partial charge in [0.25, 0.3) is 0 Å². The van der Waals surface area contributed by atoms with Crippen LogP contribution in [0.3, 0.4) is 0 Å². The number of nitrogens with one attached hydrogen (secondary N) is 1. The SMILES string of the molecule is CNC(c1cc(Br)ccc1Br)C(C(F)(F)F)C(F)(F)F. The van der Waals surface area contributed by atoms with Gasteiger partial charge in [-0.25, -0.2) is 0 Å². The van der Waals surface area contributed by atoms with Crippen LogP contribution in [-0.4, -0.2) is 19.4 Å². The fourth-order valence-electron chi connectivity index (χ4n) is 1.82. The van der Waals surface area contributed by atoms with E-state index in [9.17, 15) is 26.3 Å². The molecule has 0 saturated carbocycles. The molecule has 1 unspecified atom stereocenters. The summed E-state index contributed by atoms with van der Waals surface area (Å²) < 4.78 is 77.3. The highest BCUT2D eigenvalue weighted by atomic mass is 79.9. The molecule has 1 nitrogen and oxygen atoms in total. The zero-order valence-corrected chi connectivity index (χ0v) is 13.1. The lowest BCUT2D eigenvalue weighted by Gasteiger charge is -2.31. The van der Waals surface area contributed by atoms with Crippen LogP contribution < -0.4 is 5.32 Å². The highest BCUT2D eigenvalue weighted by molar-refractivity contribution is 9.11. The van der Waals surface area contributed by atoms with E-state index < -0.39 is 24.3 Å². The van der Waals surface area contributed by atoms with E-state index in [2.05, 4.69) is 37.2 Å². The van der Waals surface area contributed by atoms with E-state index >= 15 is 0 Å². The lowest BCUT2D eigenvalue weighted by Crippen LogP contribution is -2.45. The Labute approximate surface area is 128 Å². The largest absolute Gasteiger partial charge is 0.402 e. The molecule has 1 N–H and O–H groups in total. The van der Waals surface area contributed by atoms with Gasteiger partial charge < -0.3 is 5.32 Å². The third-order valence-corrected chi connectivity index (χ3v) is 3.86. The summed E-state index contributed by atoms with van der Waals surface area (Å²) in [4.78, 5) is 0. The highest BCUT2D eigenvalue weighted by Gasteiger charge is 2.60. The second kappa shape index (κ2) is 6.23. The Hall–Kier alpha value is -0.280. The minimum absolute atomic E-state index is 0.124. The van der Waals surface area contributed by atoms with Gasteiger partial charge in [-0.05, 0) is 30.8 Å². The van der Waals surface area contributed by atoms with Crippen LogP contribution in [0.2, 0.25) is 0 Å². The summed E-state index contributed by atoms with van der Waals surface area (Å²) in [7, 11) is 1.06. The van der Waals surface area contributed by atoms with Crippen molar-refractivity contribution in [1.29, 1.82) is 0 Å². The second-order valence-electron chi connectivity index (χ2n) is 3.99. The van der Waals surface area contributed by atoms with Crippen molar-refractivity contribution in [2.45, 2.75) is 18.4 Å². The molecule has 20 heavy (non-hydrogen) atoms. The summed E-state index contributed by atoms with van der Waals surface area (Å²) in [6.07, 6.45) is -10.8. The van der Waals surface area contributed by atoms with Crippen molar-refractivity contribution < 1.29 is 26.3 Å². The van der Waals surface area contributed by atoms with E-state index in [4.69, 9.17) is 0 Å². The van der Waals surface area contributed by atoms with Crippen molar-refractivity contribution in [2.75, 3.05) is 7.05 Å². The lowest BCUT2D eigenvalue weighted by molar-refractivity contribution is -0.292. The van der Waals surface area contributed by atoms with E-state index in [1.807, 2.05) is 0 Å². The van der Waals surface area contributed by atoms with E-state index in [0.717, 1.165) is 7.05 Å². The van der Waals surface area contributed by atoms with E-state index in [0.29, 0.717) is 4.47 Å². The molecule has 0 aliphatic heterocycles. The van der Waals surface area contributed by atoms with E-state index in [1.165, 1.54) is 18.2 Å². The van der Waals surface area contributed by atoms with Crippen LogP contribution in [0.25, 0.3) is 0 Å². The van der Waals surface area contributed by atoms with Gasteiger partial charge in [-0.2, -0.15) is 26.3 Å². The van der Waals surface area contributed by atoms with Gasteiger partial charge in [0.2, 0.25) is 0 Å². The van der Waals surface area contributed by atoms with Crippen molar-refractivity contribution in [3.63, 3.8) is 0 Å². The fraction of sp³-hybridized carbons (Fsp3) is 0.455. The van der Waals surface area contributed by atoms with E-state index in [1.54, 1.807) is 0 Å². The molecule has 0 aliphatic rings. The first-order valence-electron chi connectivity index (χ1n) is 5.24. The van der Waals surface area contributed by atoms with Gasteiger partial charge >= 0.3 is 12.4 Å². The number of halogens is 8. The quantitative estimate of drug-likeness (QED) is 0.651. The average molecular weight is 429 g/mol. The Morgan fingerprint density at radius 2 is 1.50 bits per heavy atom. The van der Waals surface area contributed by atoms with Gasteiger partial charge in [0.1, 0.15) is 0 Å². The number of benzene rings is 1. The smallest absolute Gasteiger partial charge is 0.312 e. The first-order chi connectivity index (χ1) is 8.98. The number of hydrogen-bond donors (Lipinski definition) is 1. The van der Waals surface area contributed by atoms with Gasteiger partial charge in [-0.3, -0.25) is 0 Å². The molecule has 0 bridgehead atoms. The second-order valence-corrected chi connectivity index (χ2v) is 5.76. The molecule has 0 spiro atoms. The maximum atomic E-state index is 12.8. The third-order valence-electron chi connectivity index (χ3n) is 2.64. The van der Waals surface area contributed by atoms with Crippen molar-refractivity contribution in [1.82, 2.24) is 5.32 Å². The van der Waals surface area contributed by atoms with Gasteiger partial charge in [-0.15, -0.1) is 0 Å². The maximum Gasteiger partial charge on any atom is 0.402 e. The molecule has 1 aromatic rings. The molecule has 0 saturated heterocycles. The molecule has 1 rings (SSSR count). The maximum absolute atomic E-state index is 12.8. The van der Waals surface area contributed by atoms with Crippen molar-refractivity contribution in [2.24, 2.45) is 5.92 Å². The van der Waals surface area contributed by atoms with Gasteiger partial charge in [0, 0.05) is 8.95 Å². The first-order valence-corrected chi connectivity index (χ1v) is 6.82. The van der Waals surface area contributed by atoms with Crippen LogP contribution in [-0.2, 0) is 0 Å². The van der Waals surface area contributed by atoms with Crippen molar-refractivity contribution >= 4 is 31.9 Å². The predicted octanol–water partition coefficient (Wildman–Crippen LogP) is 5.21. The molecular weight excluding hydrogens is 420 g/mol. The van der Waals surface area contributed by atoms with Crippen LogP contribution in [0.1, 0.15) is 11.6 Å². The molecule has 0 radical (unpaired) electrons. The van der Waals surface area contributed by atoms with Crippen molar-refractivity contribution in [3.8, 4) is 0 Å². The van der Waals surface area contributed by atoms with Crippen LogP contribution >= 0.6 is 31.9 Å². The molecule has 0 aromatic heterocycles. The summed E-state index contributed by atoms with van der Waals surface area (Å²) in [5.41, 5.74) is -0.124. The Morgan fingerprint density at radius 1 is 1.00 bits per heavy atom. The summed E-state index contributed by atoms with van der Waals surface area (Å²) in [5.74, 6) is -3.49. The predicted molar refractivity (Wildman–Crippen MR) is 69.2 cm³/mol. The Balaban J connectivity index is 3.38. The molecule has 1 atom stereocenters. The number of alkyl halides is 6. The summed E-state index contributed by atoms with van der Waals surface area (Å²) in [6, 6.07) is 2.17. The topological polar surface area (TPSA) is 12.0 Å². The Bertz CT molecular complexity index is 457. The highest BCUT2D eigenvalue weighted by Crippen LogP contribution is 2.47. The summed E-state index contributed by atoms with van der Waals surface area (Å²) in [6.45, 7) is 0. The zero-order chi connectivity index (χ0) is 15.7. The Morgan fingerprint density at radius 3 is 1.90 bits per heavy atom. The Kier molecular flexibility index (Phi) is 5.53. The average Bonchev–Trinajstić information content (AvgIpc) is 2.25. The normalized spacial score (nSPS) is 14.7. The number of hydrogen-bond acceptors (Lipinski definition) is 1. The van der Waals surface area contributed by atoms with Crippen LogP contribution in [0.4, 0.5) is 26.3 Å². The molecule has 0 heterocycles. The van der Waals surface area contributed by atoms with Gasteiger partial charge in [-0.1, -0.05) is 31.9 Å². The number of rotatable bonds is 3. The minimum atomic E-state index is -5.41. The van der Waals surface area contributed by atoms with Crippen LogP contribution in [0.5, 0.6) is 0 Å². The minimum Gasteiger partial charge on any atom is -0.312 e. The van der Waals surface area contributed by atoms with Gasteiger partial charge in [0.15, 0.2) is 5.92 Å². The molecule has 9 heteroatoms. The van der Waals surface area contributed by atoms with Crippen LogP contribution in [0.15, 0.2) is 27.1 Å². The molecule has 0 amide bonds.